The lowest BCUT2D eigenvalue weighted by Crippen LogP contribution is -2.21. The van der Waals surface area contributed by atoms with E-state index >= 15 is 0 Å². The zero-order valence-electron chi connectivity index (χ0n) is 11.9. The minimum Gasteiger partial charge on any atom is -0.463 e. The number of aryl methyl sites for hydroxylation is 1. The predicted molar refractivity (Wildman–Crippen MR) is 80.3 cm³/mol. The second-order valence-corrected chi connectivity index (χ2v) is 5.76. The van der Waals surface area contributed by atoms with E-state index in [-0.39, 0.29) is 0 Å². The molecule has 3 nitrogen and oxygen atoms in total. The lowest BCUT2D eigenvalue weighted by atomic mass is 10.2. The third kappa shape index (κ3) is 3.93. The van der Waals surface area contributed by atoms with Gasteiger partial charge in [-0.05, 0) is 43.6 Å². The van der Waals surface area contributed by atoms with Crippen LogP contribution in [0.5, 0.6) is 0 Å². The van der Waals surface area contributed by atoms with Gasteiger partial charge in [0.2, 0.25) is 0 Å². The minimum absolute atomic E-state index is 0.795. The first kappa shape index (κ1) is 14.3. The lowest BCUT2D eigenvalue weighted by Gasteiger charge is -2.17. The molecular formula is C15H22N2OS. The van der Waals surface area contributed by atoms with Crippen LogP contribution < -0.4 is 5.32 Å². The number of hydrogen-bond acceptors (Lipinski definition) is 4. The second-order valence-electron chi connectivity index (χ2n) is 4.73. The van der Waals surface area contributed by atoms with Crippen LogP contribution in [0, 0.1) is 6.92 Å². The number of nitrogens with one attached hydrogen (secondary N) is 1. The molecule has 0 aromatic carbocycles. The number of thiophene rings is 1. The third-order valence-corrected chi connectivity index (χ3v) is 4.06. The van der Waals surface area contributed by atoms with Gasteiger partial charge in [0, 0.05) is 11.4 Å². The van der Waals surface area contributed by atoms with E-state index in [0.717, 1.165) is 37.7 Å². The summed E-state index contributed by atoms with van der Waals surface area (Å²) in [7, 11) is 1.94. The van der Waals surface area contributed by atoms with Gasteiger partial charge in [-0.2, -0.15) is 0 Å². The fourth-order valence-corrected chi connectivity index (χ4v) is 2.87. The van der Waals surface area contributed by atoms with Crippen LogP contribution in [0.3, 0.4) is 0 Å². The Balaban J connectivity index is 1.99. The number of rotatable bonds is 7. The smallest absolute Gasteiger partial charge is 0.120 e. The first-order chi connectivity index (χ1) is 9.22. The monoisotopic (exact) mass is 278 g/mol. The molecule has 0 aliphatic carbocycles. The van der Waals surface area contributed by atoms with Crippen LogP contribution >= 0.6 is 11.3 Å². The summed E-state index contributed by atoms with van der Waals surface area (Å²) in [4.78, 5) is 3.80. The van der Waals surface area contributed by atoms with E-state index in [9.17, 15) is 0 Å². The molecule has 0 aliphatic heterocycles. The molecule has 0 radical (unpaired) electrons. The topological polar surface area (TPSA) is 28.4 Å². The van der Waals surface area contributed by atoms with Crippen LogP contribution in [-0.2, 0) is 19.6 Å². The van der Waals surface area contributed by atoms with Gasteiger partial charge in [-0.15, -0.1) is 11.3 Å². The van der Waals surface area contributed by atoms with Gasteiger partial charge in [-0.1, -0.05) is 13.0 Å². The van der Waals surface area contributed by atoms with Crippen molar-refractivity contribution in [1.82, 2.24) is 10.2 Å². The molecule has 0 unspecified atom stereocenters. The van der Waals surface area contributed by atoms with E-state index in [0.29, 0.717) is 0 Å². The Bertz CT molecular complexity index is 490. The Morgan fingerprint density at radius 3 is 2.84 bits per heavy atom. The molecule has 4 heteroatoms. The zero-order chi connectivity index (χ0) is 13.7. The highest BCUT2D eigenvalue weighted by atomic mass is 32.1. The van der Waals surface area contributed by atoms with Crippen LogP contribution in [0.1, 0.15) is 28.9 Å². The Morgan fingerprint density at radius 2 is 2.21 bits per heavy atom. The standard InChI is InChI=1S/C15H22N2OS/c1-4-17(11-14-6-5-7-19-14)10-13-8-12(2)15(18-13)9-16-3/h5-8,16H,4,9-11H2,1-3H3. The molecule has 0 saturated carbocycles. The van der Waals surface area contributed by atoms with Crippen molar-refractivity contribution in [2.75, 3.05) is 13.6 Å². The van der Waals surface area contributed by atoms with Crippen molar-refractivity contribution in [3.05, 3.63) is 45.5 Å². The molecule has 2 heterocycles. The SMILES string of the molecule is CCN(Cc1cc(C)c(CNC)o1)Cc1cccs1. The maximum absolute atomic E-state index is 5.91. The summed E-state index contributed by atoms with van der Waals surface area (Å²) in [6, 6.07) is 6.45. The zero-order valence-corrected chi connectivity index (χ0v) is 12.7. The summed E-state index contributed by atoms with van der Waals surface area (Å²) in [5.41, 5.74) is 1.23. The lowest BCUT2D eigenvalue weighted by molar-refractivity contribution is 0.246. The van der Waals surface area contributed by atoms with E-state index in [4.69, 9.17) is 4.42 Å². The first-order valence-electron chi connectivity index (χ1n) is 6.70. The number of hydrogen-bond donors (Lipinski definition) is 1. The van der Waals surface area contributed by atoms with Gasteiger partial charge in [-0.25, -0.2) is 0 Å². The summed E-state index contributed by atoms with van der Waals surface area (Å²) in [6.45, 7) is 7.99. The molecule has 104 valence electrons. The normalized spacial score (nSPS) is 11.4. The molecule has 2 aromatic heterocycles. The van der Waals surface area contributed by atoms with Gasteiger partial charge in [-0.3, -0.25) is 4.90 Å². The number of nitrogens with zero attached hydrogens (tertiary/aromatic N) is 1. The van der Waals surface area contributed by atoms with Crippen molar-refractivity contribution in [2.24, 2.45) is 0 Å². The molecule has 0 amide bonds. The van der Waals surface area contributed by atoms with Crippen LogP contribution in [-0.4, -0.2) is 18.5 Å². The van der Waals surface area contributed by atoms with Gasteiger partial charge in [0.05, 0.1) is 13.1 Å². The van der Waals surface area contributed by atoms with Gasteiger partial charge < -0.3 is 9.73 Å². The average Bonchev–Trinajstić information content (AvgIpc) is 3.00. The molecular weight excluding hydrogens is 256 g/mol. The highest BCUT2D eigenvalue weighted by molar-refractivity contribution is 7.09. The maximum atomic E-state index is 5.91. The summed E-state index contributed by atoms with van der Waals surface area (Å²) in [5, 5.41) is 5.27. The fourth-order valence-electron chi connectivity index (χ4n) is 2.13. The fraction of sp³-hybridized carbons (Fsp3) is 0.467. The molecule has 1 N–H and O–H groups in total. The van der Waals surface area contributed by atoms with Crippen LogP contribution in [0.15, 0.2) is 28.0 Å². The number of furan rings is 1. The Hall–Kier alpha value is -1.10. The van der Waals surface area contributed by atoms with E-state index < -0.39 is 0 Å². The molecule has 0 atom stereocenters. The van der Waals surface area contributed by atoms with Crippen molar-refractivity contribution in [2.45, 2.75) is 33.5 Å². The largest absolute Gasteiger partial charge is 0.463 e. The first-order valence-corrected chi connectivity index (χ1v) is 7.58. The molecule has 0 spiro atoms. The highest BCUT2D eigenvalue weighted by Gasteiger charge is 2.11. The molecule has 2 aromatic rings. The van der Waals surface area contributed by atoms with E-state index in [1.807, 2.05) is 18.4 Å². The van der Waals surface area contributed by atoms with E-state index in [1.165, 1.54) is 10.4 Å². The van der Waals surface area contributed by atoms with Gasteiger partial charge in [0.25, 0.3) is 0 Å². The summed E-state index contributed by atoms with van der Waals surface area (Å²) < 4.78 is 5.91. The molecule has 0 saturated heterocycles. The van der Waals surface area contributed by atoms with Crippen molar-refractivity contribution in [1.29, 1.82) is 0 Å². The molecule has 0 fully saturated rings. The van der Waals surface area contributed by atoms with Crippen LogP contribution in [0.2, 0.25) is 0 Å². The molecule has 0 aliphatic rings. The maximum Gasteiger partial charge on any atom is 0.120 e. The van der Waals surface area contributed by atoms with Crippen LogP contribution in [0.4, 0.5) is 0 Å². The summed E-state index contributed by atoms with van der Waals surface area (Å²) in [6.07, 6.45) is 0. The summed E-state index contributed by atoms with van der Waals surface area (Å²) >= 11 is 1.81. The van der Waals surface area contributed by atoms with Crippen molar-refractivity contribution in [3.8, 4) is 0 Å². The highest BCUT2D eigenvalue weighted by Crippen LogP contribution is 2.18. The second kappa shape index (κ2) is 6.89. The van der Waals surface area contributed by atoms with Gasteiger partial charge in [0.15, 0.2) is 0 Å². The molecule has 0 bridgehead atoms. The summed E-state index contributed by atoms with van der Waals surface area (Å²) in [5.74, 6) is 2.10. The van der Waals surface area contributed by atoms with Gasteiger partial charge in [0.1, 0.15) is 11.5 Å². The Labute approximate surface area is 119 Å². The molecule has 19 heavy (non-hydrogen) atoms. The molecule has 2 rings (SSSR count). The van der Waals surface area contributed by atoms with Crippen molar-refractivity contribution < 1.29 is 4.42 Å². The quantitative estimate of drug-likeness (QED) is 0.841. The Morgan fingerprint density at radius 1 is 1.37 bits per heavy atom. The van der Waals surface area contributed by atoms with E-state index in [1.54, 1.807) is 0 Å². The average molecular weight is 278 g/mol. The predicted octanol–water partition coefficient (Wildman–Crippen LogP) is 3.39. The van der Waals surface area contributed by atoms with Crippen molar-refractivity contribution >= 4 is 11.3 Å². The van der Waals surface area contributed by atoms with Crippen molar-refractivity contribution in [3.63, 3.8) is 0 Å². The Kier molecular flexibility index (Phi) is 5.19. The van der Waals surface area contributed by atoms with Crippen LogP contribution in [0.25, 0.3) is 0 Å². The van der Waals surface area contributed by atoms with E-state index in [2.05, 4.69) is 47.6 Å². The minimum atomic E-state index is 0.795. The third-order valence-electron chi connectivity index (χ3n) is 3.20. The van der Waals surface area contributed by atoms with Gasteiger partial charge >= 0.3 is 0 Å².